The van der Waals surface area contributed by atoms with Crippen molar-refractivity contribution in [3.63, 3.8) is 0 Å². The van der Waals surface area contributed by atoms with E-state index in [0.717, 1.165) is 49.4 Å². The van der Waals surface area contributed by atoms with E-state index in [1.165, 1.54) is 6.42 Å². The van der Waals surface area contributed by atoms with Crippen molar-refractivity contribution < 1.29 is 18.3 Å². The van der Waals surface area contributed by atoms with Gasteiger partial charge in [0.05, 0.1) is 23.7 Å². The molecule has 1 heterocycles. The summed E-state index contributed by atoms with van der Waals surface area (Å²) in [5.74, 6) is -1.94. The van der Waals surface area contributed by atoms with Gasteiger partial charge in [0.1, 0.15) is 5.75 Å². The number of rotatable bonds is 6. The van der Waals surface area contributed by atoms with Gasteiger partial charge in [-0.15, -0.1) is 0 Å². The number of methoxy groups -OCH3 is 1. The molecule has 0 aromatic heterocycles. The summed E-state index contributed by atoms with van der Waals surface area (Å²) in [6.45, 7) is 2.22. The van der Waals surface area contributed by atoms with Crippen LogP contribution in [0.15, 0.2) is 36.4 Å². The molecule has 0 radical (unpaired) electrons. The van der Waals surface area contributed by atoms with E-state index in [0.29, 0.717) is 6.54 Å². The molecule has 2 aromatic carbocycles. The minimum Gasteiger partial charge on any atom is -0.497 e. The molecule has 1 amide bonds. The Bertz CT molecular complexity index is 824. The largest absolute Gasteiger partial charge is 0.497 e. The second kappa shape index (κ2) is 9.34. The molecule has 0 aliphatic carbocycles. The van der Waals surface area contributed by atoms with Gasteiger partial charge in [-0.1, -0.05) is 30.2 Å². The van der Waals surface area contributed by atoms with Crippen molar-refractivity contribution in [1.82, 2.24) is 10.2 Å². The molecule has 28 heavy (non-hydrogen) atoms. The molecule has 0 bridgehead atoms. The molecule has 3 rings (SSSR count). The van der Waals surface area contributed by atoms with Crippen LogP contribution in [0.25, 0.3) is 0 Å². The Labute approximate surface area is 168 Å². The first-order chi connectivity index (χ1) is 13.5. The quantitative estimate of drug-likeness (QED) is 0.711. The summed E-state index contributed by atoms with van der Waals surface area (Å²) >= 11 is 5.92. The number of ether oxygens (including phenoxy) is 1. The van der Waals surface area contributed by atoms with E-state index in [4.69, 9.17) is 16.3 Å². The zero-order valence-electron chi connectivity index (χ0n) is 15.7. The Balaban J connectivity index is 1.77. The van der Waals surface area contributed by atoms with E-state index in [9.17, 15) is 13.6 Å². The Morgan fingerprint density at radius 3 is 2.43 bits per heavy atom. The van der Waals surface area contributed by atoms with Gasteiger partial charge < -0.3 is 10.1 Å². The molecule has 1 aliphatic rings. The minimum atomic E-state index is -1.10. The summed E-state index contributed by atoms with van der Waals surface area (Å²) in [6, 6.07) is 9.36. The highest BCUT2D eigenvalue weighted by atomic mass is 35.5. The predicted octanol–water partition coefficient (Wildman–Crippen LogP) is 4.58. The van der Waals surface area contributed by atoms with Crippen molar-refractivity contribution in [2.24, 2.45) is 0 Å². The maximum Gasteiger partial charge on any atom is 0.252 e. The number of amides is 1. The molecule has 0 saturated carbocycles. The van der Waals surface area contributed by atoms with E-state index in [1.54, 1.807) is 7.11 Å². The van der Waals surface area contributed by atoms with Crippen molar-refractivity contribution in [3.05, 3.63) is 64.2 Å². The van der Waals surface area contributed by atoms with Crippen molar-refractivity contribution in [2.75, 3.05) is 26.7 Å². The third kappa shape index (κ3) is 4.80. The van der Waals surface area contributed by atoms with E-state index in [2.05, 4.69) is 10.2 Å². The highest BCUT2D eigenvalue weighted by Crippen LogP contribution is 2.26. The van der Waals surface area contributed by atoms with Gasteiger partial charge in [-0.05, 0) is 55.8 Å². The van der Waals surface area contributed by atoms with Gasteiger partial charge in [-0.25, -0.2) is 8.78 Å². The SMILES string of the molecule is COc1ccc([C@@H](CNC(=O)c2cc(F)c(F)cc2Cl)N2CCCCC2)cc1. The fraction of sp³-hybridized carbons (Fsp3) is 0.381. The van der Waals surface area contributed by atoms with E-state index in [1.807, 2.05) is 24.3 Å². The molecule has 4 nitrogen and oxygen atoms in total. The van der Waals surface area contributed by atoms with Crippen molar-refractivity contribution in [1.29, 1.82) is 0 Å². The molecule has 2 aromatic rings. The smallest absolute Gasteiger partial charge is 0.252 e. The zero-order valence-corrected chi connectivity index (χ0v) is 16.4. The van der Waals surface area contributed by atoms with Crippen molar-refractivity contribution in [3.8, 4) is 5.75 Å². The summed E-state index contributed by atoms with van der Waals surface area (Å²) in [7, 11) is 1.61. The first kappa shape index (κ1) is 20.6. The third-order valence-electron chi connectivity index (χ3n) is 5.04. The van der Waals surface area contributed by atoms with E-state index < -0.39 is 17.5 Å². The fourth-order valence-corrected chi connectivity index (χ4v) is 3.73. The normalized spacial score (nSPS) is 15.9. The molecule has 1 saturated heterocycles. The Morgan fingerprint density at radius 1 is 1.14 bits per heavy atom. The van der Waals surface area contributed by atoms with E-state index in [-0.39, 0.29) is 16.6 Å². The number of carbonyl (C=O) groups is 1. The van der Waals surface area contributed by atoms with Crippen LogP contribution in [0.5, 0.6) is 5.75 Å². The number of hydrogen-bond acceptors (Lipinski definition) is 3. The highest BCUT2D eigenvalue weighted by molar-refractivity contribution is 6.33. The standard InChI is InChI=1S/C21H23ClF2N2O2/c1-28-15-7-5-14(6-8-15)20(26-9-3-2-4-10-26)13-25-21(27)16-11-18(23)19(24)12-17(16)22/h5-8,11-12,20H,2-4,9-10,13H2,1H3,(H,25,27)/t20-/m1/s1. The number of nitrogens with zero attached hydrogens (tertiary/aromatic N) is 1. The first-order valence-electron chi connectivity index (χ1n) is 9.30. The van der Waals surface area contributed by atoms with Crippen LogP contribution in [-0.4, -0.2) is 37.6 Å². The average Bonchev–Trinajstić information content (AvgIpc) is 2.72. The lowest BCUT2D eigenvalue weighted by Gasteiger charge is -2.35. The van der Waals surface area contributed by atoms with Gasteiger partial charge in [-0.2, -0.15) is 0 Å². The summed E-state index contributed by atoms with van der Waals surface area (Å²) in [5, 5.41) is 2.71. The lowest BCUT2D eigenvalue weighted by atomic mass is 10.0. The van der Waals surface area contributed by atoms with Crippen LogP contribution < -0.4 is 10.1 Å². The lowest BCUT2D eigenvalue weighted by Crippen LogP contribution is -2.40. The lowest BCUT2D eigenvalue weighted by molar-refractivity contribution is 0.0924. The van der Waals surface area contributed by atoms with Crippen molar-refractivity contribution >= 4 is 17.5 Å². The molecule has 0 spiro atoms. The van der Waals surface area contributed by atoms with Crippen LogP contribution in [0.1, 0.15) is 41.2 Å². The maximum absolute atomic E-state index is 13.5. The number of halogens is 3. The zero-order chi connectivity index (χ0) is 20.1. The van der Waals surface area contributed by atoms with Crippen LogP contribution in [0.3, 0.4) is 0 Å². The van der Waals surface area contributed by atoms with Gasteiger partial charge in [0.25, 0.3) is 5.91 Å². The van der Waals surface area contributed by atoms with Gasteiger partial charge in [0.2, 0.25) is 0 Å². The Kier molecular flexibility index (Phi) is 6.86. The number of piperidine rings is 1. The average molecular weight is 409 g/mol. The highest BCUT2D eigenvalue weighted by Gasteiger charge is 2.24. The third-order valence-corrected chi connectivity index (χ3v) is 5.36. The summed E-state index contributed by atoms with van der Waals surface area (Å²) in [5.41, 5.74) is 0.979. The number of hydrogen-bond donors (Lipinski definition) is 1. The molecule has 1 aliphatic heterocycles. The van der Waals surface area contributed by atoms with Crippen LogP contribution in [0, 0.1) is 11.6 Å². The van der Waals surface area contributed by atoms with Gasteiger partial charge in [0, 0.05) is 6.54 Å². The number of carbonyl (C=O) groups excluding carboxylic acids is 1. The van der Waals surface area contributed by atoms with Crippen molar-refractivity contribution in [2.45, 2.75) is 25.3 Å². The minimum absolute atomic E-state index is 0.0285. The van der Waals surface area contributed by atoms with Gasteiger partial charge in [-0.3, -0.25) is 9.69 Å². The summed E-state index contributed by atoms with van der Waals surface area (Å²) in [6.07, 6.45) is 3.41. The molecule has 1 fully saturated rings. The molecule has 7 heteroatoms. The second-order valence-electron chi connectivity index (χ2n) is 6.84. The second-order valence-corrected chi connectivity index (χ2v) is 7.25. The topological polar surface area (TPSA) is 41.6 Å². The molecule has 150 valence electrons. The van der Waals surface area contributed by atoms with Gasteiger partial charge >= 0.3 is 0 Å². The molecular weight excluding hydrogens is 386 g/mol. The summed E-state index contributed by atoms with van der Waals surface area (Å²) < 4.78 is 32.0. The first-order valence-corrected chi connectivity index (χ1v) is 9.68. The Hall–Kier alpha value is -2.18. The van der Waals surface area contributed by atoms with Crippen LogP contribution >= 0.6 is 11.6 Å². The number of likely N-dealkylation sites (tertiary alicyclic amines) is 1. The predicted molar refractivity (Wildman–Crippen MR) is 105 cm³/mol. The number of nitrogens with one attached hydrogen (secondary N) is 1. The van der Waals surface area contributed by atoms with Gasteiger partial charge in [0.15, 0.2) is 11.6 Å². The van der Waals surface area contributed by atoms with Crippen LogP contribution in [0.4, 0.5) is 8.78 Å². The summed E-state index contributed by atoms with van der Waals surface area (Å²) in [4.78, 5) is 14.9. The van der Waals surface area contributed by atoms with Crippen LogP contribution in [0.2, 0.25) is 5.02 Å². The molecule has 0 unspecified atom stereocenters. The fourth-order valence-electron chi connectivity index (χ4n) is 3.50. The maximum atomic E-state index is 13.5. The monoisotopic (exact) mass is 408 g/mol. The molecular formula is C21H23ClF2N2O2. The molecule has 1 N–H and O–H groups in total. The number of benzene rings is 2. The van der Waals surface area contributed by atoms with E-state index >= 15 is 0 Å². The van der Waals surface area contributed by atoms with Crippen LogP contribution in [-0.2, 0) is 0 Å². The molecule has 1 atom stereocenters. The Morgan fingerprint density at radius 2 is 1.79 bits per heavy atom.